The van der Waals surface area contributed by atoms with E-state index in [0.717, 1.165) is 11.1 Å². The number of para-hydroxylation sites is 2. The van der Waals surface area contributed by atoms with E-state index in [2.05, 4.69) is 10.3 Å². The van der Waals surface area contributed by atoms with Crippen LogP contribution in [0.15, 0.2) is 73.1 Å². The molecule has 0 saturated carbocycles. The van der Waals surface area contributed by atoms with Crippen molar-refractivity contribution < 1.29 is 14.6 Å². The van der Waals surface area contributed by atoms with Gasteiger partial charge in [-0.2, -0.15) is 0 Å². The number of aromatic nitrogens is 1. The molecule has 0 radical (unpaired) electrons. The zero-order valence-electron chi connectivity index (χ0n) is 14.0. The van der Waals surface area contributed by atoms with Crippen LogP contribution in [0.4, 0.5) is 0 Å². The number of carbonyl (C=O) groups is 1. The summed E-state index contributed by atoms with van der Waals surface area (Å²) in [6.07, 6.45) is 2.45. The highest BCUT2D eigenvalue weighted by Gasteiger charge is 2.32. The van der Waals surface area contributed by atoms with Gasteiger partial charge in [0.05, 0.1) is 12.0 Å². The Morgan fingerprint density at radius 3 is 2.19 bits per heavy atom. The smallest absolute Gasteiger partial charge is 0.232 e. The van der Waals surface area contributed by atoms with Gasteiger partial charge < -0.3 is 15.2 Å². The molecule has 2 N–H and O–H groups in total. The van der Waals surface area contributed by atoms with E-state index in [0.29, 0.717) is 17.1 Å². The highest BCUT2D eigenvalue weighted by atomic mass is 16.5. The number of pyridine rings is 1. The molecular weight excluding hydrogens is 328 g/mol. The maximum absolute atomic E-state index is 13.0. The van der Waals surface area contributed by atoms with E-state index < -0.39 is 12.0 Å². The van der Waals surface area contributed by atoms with Crippen LogP contribution in [0, 0.1) is 0 Å². The summed E-state index contributed by atoms with van der Waals surface area (Å²) >= 11 is 0. The van der Waals surface area contributed by atoms with Crippen LogP contribution < -0.4 is 10.1 Å². The molecule has 5 nitrogen and oxygen atoms in total. The molecule has 0 saturated heterocycles. The zero-order valence-corrected chi connectivity index (χ0v) is 14.0. The van der Waals surface area contributed by atoms with Gasteiger partial charge >= 0.3 is 0 Å². The fourth-order valence-electron chi connectivity index (χ4n) is 3.20. The van der Waals surface area contributed by atoms with Crippen molar-refractivity contribution in [1.29, 1.82) is 0 Å². The molecule has 1 unspecified atom stereocenters. The molecule has 0 spiro atoms. The van der Waals surface area contributed by atoms with Crippen LogP contribution >= 0.6 is 0 Å². The van der Waals surface area contributed by atoms with Crippen LogP contribution in [0.1, 0.15) is 28.7 Å². The van der Waals surface area contributed by atoms with Gasteiger partial charge in [0.25, 0.3) is 0 Å². The second kappa shape index (κ2) is 6.98. The Morgan fingerprint density at radius 1 is 1.00 bits per heavy atom. The molecule has 2 heterocycles. The Hall–Kier alpha value is -3.18. The highest BCUT2D eigenvalue weighted by Crippen LogP contribution is 2.43. The lowest BCUT2D eigenvalue weighted by atomic mass is 9.87. The minimum Gasteiger partial charge on any atom is -0.457 e. The molecule has 2 aromatic carbocycles. The first-order chi connectivity index (χ1) is 12.7. The number of amides is 1. The Labute approximate surface area is 151 Å². The second-order valence-corrected chi connectivity index (χ2v) is 6.15. The number of nitrogens with one attached hydrogen (secondary N) is 1. The Balaban J connectivity index is 1.58. The molecule has 0 bridgehead atoms. The van der Waals surface area contributed by atoms with Crippen LogP contribution in [-0.2, 0) is 4.79 Å². The minimum absolute atomic E-state index is 0.130. The average molecular weight is 346 g/mol. The van der Waals surface area contributed by atoms with E-state index in [9.17, 15) is 9.90 Å². The van der Waals surface area contributed by atoms with E-state index >= 15 is 0 Å². The number of benzene rings is 2. The molecule has 4 rings (SSSR count). The third-order valence-electron chi connectivity index (χ3n) is 4.50. The standard InChI is InChI=1S/C21H18N2O3/c24-17(14-9-11-22-12-10-14)13-23-21(25)20-15-5-1-3-7-18(15)26-19-8-4-2-6-16(19)20/h1-12,17,20,24H,13H2,(H,23,25). The second-order valence-electron chi connectivity index (χ2n) is 6.15. The molecule has 1 aliphatic rings. The van der Waals surface area contributed by atoms with Crippen LogP contribution in [0.2, 0.25) is 0 Å². The van der Waals surface area contributed by atoms with Crippen molar-refractivity contribution in [2.24, 2.45) is 0 Å². The summed E-state index contributed by atoms with van der Waals surface area (Å²) < 4.78 is 5.92. The maximum atomic E-state index is 13.0. The van der Waals surface area contributed by atoms with E-state index in [1.54, 1.807) is 24.5 Å². The Kier molecular flexibility index (Phi) is 4.37. The van der Waals surface area contributed by atoms with E-state index in [-0.39, 0.29) is 12.5 Å². The number of rotatable bonds is 4. The van der Waals surface area contributed by atoms with Gasteiger partial charge in [0.1, 0.15) is 11.5 Å². The van der Waals surface area contributed by atoms with Crippen LogP contribution in [0.3, 0.4) is 0 Å². The Morgan fingerprint density at radius 2 is 1.58 bits per heavy atom. The minimum atomic E-state index is -0.785. The van der Waals surface area contributed by atoms with E-state index in [1.165, 1.54) is 0 Å². The number of aliphatic hydroxyl groups excluding tert-OH is 1. The molecule has 0 aliphatic carbocycles. The molecule has 3 aromatic rings. The van der Waals surface area contributed by atoms with Crippen molar-refractivity contribution in [2.45, 2.75) is 12.0 Å². The lowest BCUT2D eigenvalue weighted by Crippen LogP contribution is -2.34. The van der Waals surface area contributed by atoms with Gasteiger partial charge in [-0.25, -0.2) is 0 Å². The van der Waals surface area contributed by atoms with Crippen LogP contribution in [0.25, 0.3) is 0 Å². The van der Waals surface area contributed by atoms with E-state index in [1.807, 2.05) is 48.5 Å². The van der Waals surface area contributed by atoms with E-state index in [4.69, 9.17) is 4.74 Å². The largest absolute Gasteiger partial charge is 0.457 e. The number of nitrogens with zero attached hydrogens (tertiary/aromatic N) is 1. The summed E-state index contributed by atoms with van der Waals surface area (Å²) in [5.41, 5.74) is 2.36. The summed E-state index contributed by atoms with van der Waals surface area (Å²) in [5.74, 6) is 0.726. The molecule has 5 heteroatoms. The summed E-state index contributed by atoms with van der Waals surface area (Å²) in [6.45, 7) is 0.130. The van der Waals surface area contributed by atoms with Crippen molar-refractivity contribution >= 4 is 5.91 Å². The molecule has 0 fully saturated rings. The van der Waals surface area contributed by atoms with Crippen molar-refractivity contribution in [3.05, 3.63) is 89.7 Å². The molecule has 130 valence electrons. The normalized spacial score (nSPS) is 13.9. The zero-order chi connectivity index (χ0) is 17.9. The first kappa shape index (κ1) is 16.3. The molecule has 1 atom stereocenters. The summed E-state index contributed by atoms with van der Waals surface area (Å²) in [7, 11) is 0. The monoisotopic (exact) mass is 346 g/mol. The number of carbonyl (C=O) groups excluding carboxylic acids is 1. The third kappa shape index (κ3) is 3.05. The number of ether oxygens (including phenoxy) is 1. The third-order valence-corrected chi connectivity index (χ3v) is 4.50. The number of fused-ring (bicyclic) bond motifs is 2. The summed E-state index contributed by atoms with van der Waals surface area (Å²) in [5, 5.41) is 13.2. The quantitative estimate of drug-likeness (QED) is 0.761. The molecule has 1 aliphatic heterocycles. The van der Waals surface area contributed by atoms with Crippen molar-refractivity contribution in [3.8, 4) is 11.5 Å². The predicted octanol–water partition coefficient (Wildman–Crippen LogP) is 3.17. The van der Waals surface area contributed by atoms with Crippen LogP contribution in [-0.4, -0.2) is 22.5 Å². The lowest BCUT2D eigenvalue weighted by Gasteiger charge is -2.27. The molecule has 26 heavy (non-hydrogen) atoms. The first-order valence-corrected chi connectivity index (χ1v) is 8.45. The predicted molar refractivity (Wildman–Crippen MR) is 97.0 cm³/mol. The van der Waals surface area contributed by atoms with Gasteiger partial charge in [-0.3, -0.25) is 9.78 Å². The number of aliphatic hydroxyl groups is 1. The molecule has 1 aromatic heterocycles. The highest BCUT2D eigenvalue weighted by molar-refractivity contribution is 5.89. The number of hydrogen-bond acceptors (Lipinski definition) is 4. The van der Waals surface area contributed by atoms with Gasteiger partial charge in [-0.15, -0.1) is 0 Å². The molecule has 1 amide bonds. The fraction of sp³-hybridized carbons (Fsp3) is 0.143. The van der Waals surface area contributed by atoms with Crippen LogP contribution in [0.5, 0.6) is 11.5 Å². The summed E-state index contributed by atoms with van der Waals surface area (Å²) in [6, 6.07) is 18.5. The maximum Gasteiger partial charge on any atom is 0.232 e. The van der Waals surface area contributed by atoms with Crippen molar-refractivity contribution in [1.82, 2.24) is 10.3 Å². The van der Waals surface area contributed by atoms with Gasteiger partial charge in [0, 0.05) is 30.1 Å². The average Bonchev–Trinajstić information content (AvgIpc) is 2.70. The number of hydrogen-bond donors (Lipinski definition) is 2. The van der Waals surface area contributed by atoms with Gasteiger partial charge in [0.2, 0.25) is 5.91 Å². The topological polar surface area (TPSA) is 71.5 Å². The SMILES string of the molecule is O=C(NCC(O)c1ccncc1)C1c2ccccc2Oc2ccccc21. The van der Waals surface area contributed by atoms with Crippen molar-refractivity contribution in [2.75, 3.05) is 6.54 Å². The van der Waals surface area contributed by atoms with Gasteiger partial charge in [-0.05, 0) is 29.8 Å². The van der Waals surface area contributed by atoms with Gasteiger partial charge in [0.15, 0.2) is 0 Å². The lowest BCUT2D eigenvalue weighted by molar-refractivity contribution is -0.122. The first-order valence-electron chi connectivity index (χ1n) is 8.45. The Bertz CT molecular complexity index is 882. The van der Waals surface area contributed by atoms with Crippen molar-refractivity contribution in [3.63, 3.8) is 0 Å². The summed E-state index contributed by atoms with van der Waals surface area (Å²) in [4.78, 5) is 16.9. The fourth-order valence-corrected chi connectivity index (χ4v) is 3.20. The van der Waals surface area contributed by atoms with Gasteiger partial charge in [-0.1, -0.05) is 36.4 Å². The molecular formula is C21H18N2O3.